The lowest BCUT2D eigenvalue weighted by molar-refractivity contribution is -0.125. The van der Waals surface area contributed by atoms with Crippen LogP contribution in [0.1, 0.15) is 17.3 Å². The molecular weight excluding hydrogens is 197 g/mol. The molecular formula is C8H11F3N2O. The molecule has 0 aromatic carbocycles. The Morgan fingerprint density at radius 3 is 2.43 bits per heavy atom. The standard InChI is InChI=1S/C8H11F3N2O/c1-5-7(14-6(2)13-5)3-12-4-8(9,10)11/h12H,3-4H2,1-2H3. The fourth-order valence-electron chi connectivity index (χ4n) is 1.06. The van der Waals surface area contributed by atoms with Gasteiger partial charge in [0.2, 0.25) is 0 Å². The van der Waals surface area contributed by atoms with E-state index in [2.05, 4.69) is 10.3 Å². The molecule has 0 bridgehead atoms. The molecule has 0 radical (unpaired) electrons. The van der Waals surface area contributed by atoms with Crippen LogP contribution in [0.2, 0.25) is 0 Å². The van der Waals surface area contributed by atoms with Crippen molar-refractivity contribution in [3.05, 3.63) is 17.3 Å². The van der Waals surface area contributed by atoms with E-state index in [1.807, 2.05) is 0 Å². The third kappa shape index (κ3) is 3.37. The first-order valence-electron chi connectivity index (χ1n) is 4.09. The van der Waals surface area contributed by atoms with Crippen LogP contribution in [0.4, 0.5) is 13.2 Å². The Kier molecular flexibility index (Phi) is 3.15. The van der Waals surface area contributed by atoms with Crippen molar-refractivity contribution >= 4 is 0 Å². The smallest absolute Gasteiger partial charge is 0.401 e. The second-order valence-corrected chi connectivity index (χ2v) is 2.96. The van der Waals surface area contributed by atoms with E-state index >= 15 is 0 Å². The molecule has 1 aromatic heterocycles. The van der Waals surface area contributed by atoms with Gasteiger partial charge in [0.25, 0.3) is 0 Å². The number of nitrogens with one attached hydrogen (secondary N) is 1. The Balaban J connectivity index is 2.42. The normalized spacial score (nSPS) is 12.1. The lowest BCUT2D eigenvalue weighted by Gasteiger charge is -2.06. The predicted octanol–water partition coefficient (Wildman–Crippen LogP) is 1.94. The van der Waals surface area contributed by atoms with E-state index in [4.69, 9.17) is 4.42 Å². The minimum Gasteiger partial charge on any atom is -0.444 e. The van der Waals surface area contributed by atoms with Gasteiger partial charge in [-0.15, -0.1) is 0 Å². The topological polar surface area (TPSA) is 38.1 Å². The van der Waals surface area contributed by atoms with Crippen molar-refractivity contribution in [2.24, 2.45) is 0 Å². The number of nitrogens with zero attached hydrogens (tertiary/aromatic N) is 1. The van der Waals surface area contributed by atoms with Crippen molar-refractivity contribution in [1.29, 1.82) is 0 Å². The summed E-state index contributed by atoms with van der Waals surface area (Å²) in [5, 5.41) is 2.24. The number of aryl methyl sites for hydroxylation is 2. The SMILES string of the molecule is Cc1nc(C)c(CNCC(F)(F)F)o1. The van der Waals surface area contributed by atoms with Crippen molar-refractivity contribution in [2.45, 2.75) is 26.6 Å². The van der Waals surface area contributed by atoms with E-state index < -0.39 is 12.7 Å². The van der Waals surface area contributed by atoms with Gasteiger partial charge in [-0.3, -0.25) is 0 Å². The Hall–Kier alpha value is -1.04. The number of hydrogen-bond donors (Lipinski definition) is 1. The summed E-state index contributed by atoms with van der Waals surface area (Å²) in [5.41, 5.74) is 0.622. The Morgan fingerprint density at radius 2 is 2.00 bits per heavy atom. The minimum atomic E-state index is -4.19. The second kappa shape index (κ2) is 4.00. The van der Waals surface area contributed by atoms with Gasteiger partial charge in [0, 0.05) is 6.92 Å². The van der Waals surface area contributed by atoms with E-state index in [1.54, 1.807) is 13.8 Å². The molecule has 0 aliphatic heterocycles. The average Bonchev–Trinajstić information content (AvgIpc) is 2.27. The molecule has 14 heavy (non-hydrogen) atoms. The third-order valence-corrected chi connectivity index (χ3v) is 1.61. The van der Waals surface area contributed by atoms with Crippen LogP contribution in [0.15, 0.2) is 4.42 Å². The fourth-order valence-corrected chi connectivity index (χ4v) is 1.06. The first kappa shape index (κ1) is 11.0. The summed E-state index contributed by atoms with van der Waals surface area (Å²) in [6, 6.07) is 0. The molecule has 6 heteroatoms. The van der Waals surface area contributed by atoms with Crippen LogP contribution in [-0.4, -0.2) is 17.7 Å². The molecule has 3 nitrogen and oxygen atoms in total. The molecule has 0 fully saturated rings. The molecule has 0 saturated heterocycles. The zero-order valence-corrected chi connectivity index (χ0v) is 7.90. The maximum atomic E-state index is 11.8. The summed E-state index contributed by atoms with van der Waals surface area (Å²) in [5.74, 6) is 0.915. The summed E-state index contributed by atoms with van der Waals surface area (Å²) >= 11 is 0. The lowest BCUT2D eigenvalue weighted by Crippen LogP contribution is -2.28. The summed E-state index contributed by atoms with van der Waals surface area (Å²) < 4.78 is 40.4. The number of oxazole rings is 1. The molecule has 1 rings (SSSR count). The molecule has 0 spiro atoms. The summed E-state index contributed by atoms with van der Waals surface area (Å²) in [6.07, 6.45) is -4.19. The van der Waals surface area contributed by atoms with Gasteiger partial charge in [-0.1, -0.05) is 0 Å². The molecule has 80 valence electrons. The van der Waals surface area contributed by atoms with Gasteiger partial charge in [-0.2, -0.15) is 13.2 Å². The summed E-state index contributed by atoms with van der Waals surface area (Å²) in [7, 11) is 0. The molecule has 1 N–H and O–H groups in total. The molecule has 0 aliphatic rings. The highest BCUT2D eigenvalue weighted by atomic mass is 19.4. The molecule has 0 unspecified atom stereocenters. The zero-order chi connectivity index (χ0) is 10.8. The van der Waals surface area contributed by atoms with E-state index in [9.17, 15) is 13.2 Å². The van der Waals surface area contributed by atoms with Gasteiger partial charge >= 0.3 is 6.18 Å². The Morgan fingerprint density at radius 1 is 1.36 bits per heavy atom. The second-order valence-electron chi connectivity index (χ2n) is 2.96. The zero-order valence-electron chi connectivity index (χ0n) is 7.90. The number of aromatic nitrogens is 1. The van der Waals surface area contributed by atoms with Gasteiger partial charge in [0.1, 0.15) is 5.76 Å². The van der Waals surface area contributed by atoms with Crippen LogP contribution < -0.4 is 5.32 Å². The average molecular weight is 208 g/mol. The van der Waals surface area contributed by atoms with Crippen molar-refractivity contribution in [1.82, 2.24) is 10.3 Å². The van der Waals surface area contributed by atoms with Crippen molar-refractivity contribution in [3.63, 3.8) is 0 Å². The first-order chi connectivity index (χ1) is 6.38. The van der Waals surface area contributed by atoms with Crippen LogP contribution in [0.3, 0.4) is 0 Å². The highest BCUT2D eigenvalue weighted by Gasteiger charge is 2.26. The summed E-state index contributed by atoms with van der Waals surface area (Å²) in [6.45, 7) is 2.37. The van der Waals surface area contributed by atoms with E-state index in [0.717, 1.165) is 0 Å². The monoisotopic (exact) mass is 208 g/mol. The molecule has 0 aliphatic carbocycles. The number of rotatable bonds is 3. The highest BCUT2D eigenvalue weighted by Crippen LogP contribution is 2.13. The van der Waals surface area contributed by atoms with Crippen LogP contribution in [-0.2, 0) is 6.54 Å². The molecule has 0 atom stereocenters. The fraction of sp³-hybridized carbons (Fsp3) is 0.625. The third-order valence-electron chi connectivity index (χ3n) is 1.61. The minimum absolute atomic E-state index is 0.0478. The van der Waals surface area contributed by atoms with Gasteiger partial charge in [-0.25, -0.2) is 4.98 Å². The van der Waals surface area contributed by atoms with Crippen LogP contribution in [0.25, 0.3) is 0 Å². The Labute approximate surface area is 79.3 Å². The number of hydrogen-bond acceptors (Lipinski definition) is 3. The molecule has 0 saturated carbocycles. The van der Waals surface area contributed by atoms with Crippen molar-refractivity contribution in [3.8, 4) is 0 Å². The largest absolute Gasteiger partial charge is 0.444 e. The van der Waals surface area contributed by atoms with Gasteiger partial charge in [-0.05, 0) is 6.92 Å². The Bertz CT molecular complexity index is 306. The van der Waals surface area contributed by atoms with Gasteiger partial charge < -0.3 is 9.73 Å². The van der Waals surface area contributed by atoms with Gasteiger partial charge in [0.05, 0.1) is 18.8 Å². The molecule has 0 amide bonds. The number of alkyl halides is 3. The molecule has 1 aromatic rings. The lowest BCUT2D eigenvalue weighted by atomic mass is 10.3. The highest BCUT2D eigenvalue weighted by molar-refractivity contribution is 5.06. The van der Waals surface area contributed by atoms with E-state index in [-0.39, 0.29) is 6.54 Å². The summed E-state index contributed by atoms with van der Waals surface area (Å²) in [4.78, 5) is 3.94. The van der Waals surface area contributed by atoms with E-state index in [0.29, 0.717) is 17.3 Å². The van der Waals surface area contributed by atoms with Crippen LogP contribution >= 0.6 is 0 Å². The maximum Gasteiger partial charge on any atom is 0.401 e. The van der Waals surface area contributed by atoms with Crippen LogP contribution in [0.5, 0.6) is 0 Å². The predicted molar refractivity (Wildman–Crippen MR) is 43.7 cm³/mol. The quantitative estimate of drug-likeness (QED) is 0.824. The molecule has 1 heterocycles. The van der Waals surface area contributed by atoms with Crippen molar-refractivity contribution < 1.29 is 17.6 Å². The maximum absolute atomic E-state index is 11.8. The van der Waals surface area contributed by atoms with E-state index in [1.165, 1.54) is 0 Å². The van der Waals surface area contributed by atoms with Crippen LogP contribution in [0, 0.1) is 13.8 Å². The van der Waals surface area contributed by atoms with Crippen molar-refractivity contribution in [2.75, 3.05) is 6.54 Å². The number of halogens is 3. The first-order valence-corrected chi connectivity index (χ1v) is 4.09. The van der Waals surface area contributed by atoms with Gasteiger partial charge in [0.15, 0.2) is 5.89 Å².